The van der Waals surface area contributed by atoms with Crippen molar-refractivity contribution in [1.29, 1.82) is 0 Å². The lowest BCUT2D eigenvalue weighted by Gasteiger charge is -2.24. The standard InChI is InChI=1S/C9H14F3NO4/c1-6(7(15)17-2)5-13(3-4-14)8(16)9(10,11)12/h6,14H,3-5H2,1-2H3. The maximum atomic E-state index is 12.2. The second kappa shape index (κ2) is 6.43. The lowest BCUT2D eigenvalue weighted by atomic mass is 10.1. The summed E-state index contributed by atoms with van der Waals surface area (Å²) in [5.41, 5.74) is 0. The molecule has 1 atom stereocenters. The van der Waals surface area contributed by atoms with Crippen LogP contribution in [0.5, 0.6) is 0 Å². The number of hydrogen-bond acceptors (Lipinski definition) is 4. The van der Waals surface area contributed by atoms with E-state index in [0.717, 1.165) is 7.11 Å². The minimum absolute atomic E-state index is 0.377. The number of nitrogens with zero attached hydrogens (tertiary/aromatic N) is 1. The molecule has 0 aromatic carbocycles. The summed E-state index contributed by atoms with van der Waals surface area (Å²) < 4.78 is 40.8. The van der Waals surface area contributed by atoms with Crippen molar-refractivity contribution < 1.29 is 32.6 Å². The molecule has 1 N–H and O–H groups in total. The Hall–Kier alpha value is -1.31. The van der Waals surface area contributed by atoms with Gasteiger partial charge in [0.25, 0.3) is 0 Å². The van der Waals surface area contributed by atoms with E-state index in [4.69, 9.17) is 5.11 Å². The first kappa shape index (κ1) is 15.7. The van der Waals surface area contributed by atoms with Gasteiger partial charge in [-0.1, -0.05) is 6.92 Å². The first-order valence-electron chi connectivity index (χ1n) is 4.78. The number of amides is 1. The minimum Gasteiger partial charge on any atom is -0.469 e. The summed E-state index contributed by atoms with van der Waals surface area (Å²) in [4.78, 5) is 22.3. The maximum absolute atomic E-state index is 12.2. The van der Waals surface area contributed by atoms with Crippen LogP contribution < -0.4 is 0 Å². The zero-order chi connectivity index (χ0) is 13.6. The predicted octanol–water partition coefficient (Wildman–Crippen LogP) is 0.179. The van der Waals surface area contributed by atoms with Crippen LogP contribution in [-0.2, 0) is 14.3 Å². The Labute approximate surface area is 96.1 Å². The molecular weight excluding hydrogens is 243 g/mol. The summed E-state index contributed by atoms with van der Waals surface area (Å²) in [6, 6.07) is 0. The number of ether oxygens (including phenoxy) is 1. The molecule has 0 aliphatic rings. The van der Waals surface area contributed by atoms with Crippen molar-refractivity contribution in [1.82, 2.24) is 4.90 Å². The van der Waals surface area contributed by atoms with E-state index in [1.54, 1.807) is 0 Å². The minimum atomic E-state index is -5.02. The van der Waals surface area contributed by atoms with Crippen LogP contribution >= 0.6 is 0 Å². The fourth-order valence-corrected chi connectivity index (χ4v) is 1.18. The lowest BCUT2D eigenvalue weighted by Crippen LogP contribution is -2.45. The Kier molecular flexibility index (Phi) is 5.94. The number of carbonyl (C=O) groups is 2. The molecule has 8 heteroatoms. The lowest BCUT2D eigenvalue weighted by molar-refractivity contribution is -0.186. The van der Waals surface area contributed by atoms with E-state index in [9.17, 15) is 22.8 Å². The van der Waals surface area contributed by atoms with Gasteiger partial charge in [0.05, 0.1) is 19.6 Å². The van der Waals surface area contributed by atoms with Crippen molar-refractivity contribution in [3.8, 4) is 0 Å². The number of halogens is 3. The third-order valence-electron chi connectivity index (χ3n) is 2.00. The fraction of sp³-hybridized carbons (Fsp3) is 0.778. The zero-order valence-electron chi connectivity index (χ0n) is 9.45. The molecule has 0 aliphatic heterocycles. The van der Waals surface area contributed by atoms with Gasteiger partial charge in [-0.2, -0.15) is 13.2 Å². The molecule has 100 valence electrons. The SMILES string of the molecule is COC(=O)C(C)CN(CCO)C(=O)C(F)(F)F. The average Bonchev–Trinajstić information content (AvgIpc) is 2.24. The second-order valence-corrected chi connectivity index (χ2v) is 3.40. The number of hydrogen-bond donors (Lipinski definition) is 1. The van der Waals surface area contributed by atoms with Gasteiger partial charge in [-0.25, -0.2) is 0 Å². The van der Waals surface area contributed by atoms with E-state index >= 15 is 0 Å². The quantitative estimate of drug-likeness (QED) is 0.713. The van der Waals surface area contributed by atoms with E-state index in [0.29, 0.717) is 4.90 Å². The third kappa shape index (κ3) is 5.03. The number of rotatable bonds is 5. The summed E-state index contributed by atoms with van der Waals surface area (Å²) >= 11 is 0. The fourth-order valence-electron chi connectivity index (χ4n) is 1.18. The first-order chi connectivity index (χ1) is 7.73. The number of methoxy groups -OCH3 is 1. The molecule has 0 bridgehead atoms. The van der Waals surface area contributed by atoms with Crippen molar-refractivity contribution in [3.05, 3.63) is 0 Å². The van der Waals surface area contributed by atoms with Gasteiger partial charge in [0.1, 0.15) is 0 Å². The Morgan fingerprint density at radius 2 is 1.94 bits per heavy atom. The van der Waals surface area contributed by atoms with Gasteiger partial charge in [-0.05, 0) is 0 Å². The second-order valence-electron chi connectivity index (χ2n) is 3.40. The van der Waals surface area contributed by atoms with E-state index < -0.39 is 43.7 Å². The summed E-state index contributed by atoms with van der Waals surface area (Å²) in [6.07, 6.45) is -5.02. The molecule has 0 heterocycles. The zero-order valence-corrected chi connectivity index (χ0v) is 9.45. The van der Waals surface area contributed by atoms with Gasteiger partial charge in [0, 0.05) is 13.1 Å². The Bertz CT molecular complexity index is 280. The van der Waals surface area contributed by atoms with E-state index in [1.807, 2.05) is 0 Å². The van der Waals surface area contributed by atoms with Crippen LogP contribution in [0.2, 0.25) is 0 Å². The number of aliphatic hydroxyl groups excluding tert-OH is 1. The highest BCUT2D eigenvalue weighted by molar-refractivity contribution is 5.82. The van der Waals surface area contributed by atoms with Crippen LogP contribution in [0.1, 0.15) is 6.92 Å². The third-order valence-corrected chi connectivity index (χ3v) is 2.00. The molecular formula is C9H14F3NO4. The van der Waals surface area contributed by atoms with Gasteiger partial charge in [-0.15, -0.1) is 0 Å². The molecule has 0 saturated heterocycles. The molecule has 1 amide bonds. The molecule has 0 fully saturated rings. The van der Waals surface area contributed by atoms with Crippen LogP contribution in [0.25, 0.3) is 0 Å². The highest BCUT2D eigenvalue weighted by Crippen LogP contribution is 2.19. The van der Waals surface area contributed by atoms with Crippen molar-refractivity contribution in [2.45, 2.75) is 13.1 Å². The Morgan fingerprint density at radius 3 is 2.29 bits per heavy atom. The number of aliphatic hydroxyl groups is 1. The van der Waals surface area contributed by atoms with Crippen molar-refractivity contribution in [2.75, 3.05) is 26.8 Å². The molecule has 0 aromatic rings. The largest absolute Gasteiger partial charge is 0.471 e. The molecule has 5 nitrogen and oxygen atoms in total. The molecule has 17 heavy (non-hydrogen) atoms. The normalized spacial score (nSPS) is 13.1. The predicted molar refractivity (Wildman–Crippen MR) is 50.9 cm³/mol. The van der Waals surface area contributed by atoms with Gasteiger partial charge < -0.3 is 14.7 Å². The van der Waals surface area contributed by atoms with Crippen LogP contribution in [0.4, 0.5) is 13.2 Å². The van der Waals surface area contributed by atoms with Crippen molar-refractivity contribution in [3.63, 3.8) is 0 Å². The average molecular weight is 257 g/mol. The Balaban J connectivity index is 4.65. The molecule has 0 saturated carbocycles. The topological polar surface area (TPSA) is 66.8 Å². The monoisotopic (exact) mass is 257 g/mol. The van der Waals surface area contributed by atoms with Crippen LogP contribution in [-0.4, -0.2) is 54.9 Å². The number of esters is 1. The van der Waals surface area contributed by atoms with E-state index in [1.165, 1.54) is 6.92 Å². The molecule has 0 aromatic heterocycles. The van der Waals surface area contributed by atoms with Gasteiger partial charge in [0.2, 0.25) is 0 Å². The molecule has 1 unspecified atom stereocenters. The first-order valence-corrected chi connectivity index (χ1v) is 4.78. The van der Waals surface area contributed by atoms with E-state index in [2.05, 4.69) is 4.74 Å². The summed E-state index contributed by atoms with van der Waals surface area (Å²) in [7, 11) is 1.10. The van der Waals surface area contributed by atoms with E-state index in [-0.39, 0.29) is 0 Å². The van der Waals surface area contributed by atoms with Crippen LogP contribution in [0.3, 0.4) is 0 Å². The van der Waals surface area contributed by atoms with Crippen molar-refractivity contribution >= 4 is 11.9 Å². The molecule has 0 aliphatic carbocycles. The van der Waals surface area contributed by atoms with Crippen LogP contribution in [0, 0.1) is 5.92 Å². The molecule has 0 rings (SSSR count). The smallest absolute Gasteiger partial charge is 0.469 e. The summed E-state index contributed by atoms with van der Waals surface area (Å²) in [5.74, 6) is -3.69. The van der Waals surface area contributed by atoms with Crippen LogP contribution in [0.15, 0.2) is 0 Å². The summed E-state index contributed by atoms with van der Waals surface area (Å²) in [6.45, 7) is -0.221. The number of alkyl halides is 3. The maximum Gasteiger partial charge on any atom is 0.471 e. The highest BCUT2D eigenvalue weighted by atomic mass is 19.4. The molecule has 0 radical (unpaired) electrons. The summed E-state index contributed by atoms with van der Waals surface area (Å²) in [5, 5.41) is 8.58. The highest BCUT2D eigenvalue weighted by Gasteiger charge is 2.42. The van der Waals surface area contributed by atoms with Gasteiger partial charge in [-0.3, -0.25) is 9.59 Å². The number of carbonyl (C=O) groups excluding carboxylic acids is 2. The van der Waals surface area contributed by atoms with Gasteiger partial charge >= 0.3 is 18.1 Å². The molecule has 0 spiro atoms. The van der Waals surface area contributed by atoms with Gasteiger partial charge in [0.15, 0.2) is 0 Å². The van der Waals surface area contributed by atoms with Crippen molar-refractivity contribution in [2.24, 2.45) is 5.92 Å². The Morgan fingerprint density at radius 1 is 1.41 bits per heavy atom.